The summed E-state index contributed by atoms with van der Waals surface area (Å²) in [5, 5.41) is 0. The Morgan fingerprint density at radius 3 is 2.44 bits per heavy atom. The molecule has 0 aliphatic carbocycles. The number of halogens is 1. The first-order valence-electron chi connectivity index (χ1n) is 10.6. The summed E-state index contributed by atoms with van der Waals surface area (Å²) in [5.41, 5.74) is 6.20. The fourth-order valence-electron chi connectivity index (χ4n) is 3.89. The van der Waals surface area contributed by atoms with E-state index in [4.69, 9.17) is 9.92 Å². The fraction of sp³-hybridized carbons (Fsp3) is 0.208. The number of likely N-dealkylation sites (N-methyl/N-ethyl adjacent to an activating group) is 1. The van der Waals surface area contributed by atoms with E-state index < -0.39 is 27.5 Å². The Morgan fingerprint density at radius 2 is 1.82 bits per heavy atom. The highest BCUT2D eigenvalue weighted by atomic mass is 32.2. The maximum absolute atomic E-state index is 14.3. The Morgan fingerprint density at radius 1 is 1.09 bits per heavy atom. The number of pyridine rings is 1. The molecule has 0 spiro atoms. The van der Waals surface area contributed by atoms with Gasteiger partial charge in [0, 0.05) is 18.8 Å². The lowest BCUT2D eigenvalue weighted by Crippen LogP contribution is -2.41. The molecule has 1 aliphatic heterocycles. The van der Waals surface area contributed by atoms with Crippen LogP contribution in [0.1, 0.15) is 24.5 Å². The molecule has 0 saturated carbocycles. The second-order valence-corrected chi connectivity index (χ2v) is 9.53. The maximum Gasteiger partial charge on any atom is 0.309 e. The van der Waals surface area contributed by atoms with E-state index >= 15 is 0 Å². The summed E-state index contributed by atoms with van der Waals surface area (Å²) in [6.07, 6.45) is 1.78. The molecule has 0 fully saturated rings. The number of carbonyl (C=O) groups excluding carboxylic acids is 1. The number of carbonyl (C=O) groups is 1. The molecule has 2 N–H and O–H groups in total. The van der Waals surface area contributed by atoms with Gasteiger partial charge in [0.1, 0.15) is 5.75 Å². The van der Waals surface area contributed by atoms with Crippen molar-refractivity contribution in [2.75, 3.05) is 12.8 Å². The van der Waals surface area contributed by atoms with Gasteiger partial charge in [-0.2, -0.15) is 12.8 Å². The van der Waals surface area contributed by atoms with Gasteiger partial charge in [-0.25, -0.2) is 9.98 Å². The number of nitrogens with two attached hydrogens (primary N) is 1. The average Bonchev–Trinajstić information content (AvgIpc) is 3.04. The molecule has 1 atom stereocenters. The van der Waals surface area contributed by atoms with E-state index in [0.717, 1.165) is 0 Å². The molecule has 1 aliphatic rings. The SMILES string of the molecule is CCCS(=O)(=O)Oc1ccc(C2(c3cccc(-c4cccnc4F)c3)N=C(N)N(C)C2=O)cc1. The number of aromatic nitrogens is 1. The van der Waals surface area contributed by atoms with E-state index in [1.807, 2.05) is 0 Å². The summed E-state index contributed by atoms with van der Waals surface area (Å²) in [6.45, 7) is 1.74. The molecule has 176 valence electrons. The van der Waals surface area contributed by atoms with E-state index in [2.05, 4.69) is 9.98 Å². The number of aliphatic imine (C=N–C) groups is 1. The van der Waals surface area contributed by atoms with Crippen LogP contribution in [0.3, 0.4) is 0 Å². The number of rotatable bonds is 7. The molecular weight excluding hydrogens is 459 g/mol. The molecule has 4 rings (SSSR count). The molecule has 0 bridgehead atoms. The average molecular weight is 483 g/mol. The third-order valence-corrected chi connectivity index (χ3v) is 6.89. The highest BCUT2D eigenvalue weighted by Gasteiger charge is 2.49. The minimum atomic E-state index is -3.72. The molecule has 1 unspecified atom stereocenters. The normalized spacial score (nSPS) is 18.1. The summed E-state index contributed by atoms with van der Waals surface area (Å²) in [6, 6.07) is 16.1. The van der Waals surface area contributed by atoms with Gasteiger partial charge in [-0.3, -0.25) is 9.69 Å². The molecule has 2 heterocycles. The standard InChI is InChI=1S/C24H23FN4O4S/c1-3-14-34(31,32)33-19-11-9-17(10-12-19)24(22(30)29(2)23(26)28-24)18-7-4-6-16(15-18)20-8-5-13-27-21(20)25/h4-13,15H,3,14H2,1-2H3,(H2,26,28). The third-order valence-electron chi connectivity index (χ3n) is 5.54. The second kappa shape index (κ2) is 8.86. The summed E-state index contributed by atoms with van der Waals surface area (Å²) in [5.74, 6) is -1.01. The lowest BCUT2D eigenvalue weighted by Gasteiger charge is -2.26. The minimum Gasteiger partial charge on any atom is -0.382 e. The zero-order valence-corrected chi connectivity index (χ0v) is 19.4. The highest BCUT2D eigenvalue weighted by Crippen LogP contribution is 2.41. The highest BCUT2D eigenvalue weighted by molar-refractivity contribution is 7.87. The molecular formula is C24H23FN4O4S. The number of amides is 1. The molecule has 0 saturated heterocycles. The molecule has 3 aromatic rings. The molecule has 1 aromatic heterocycles. The van der Waals surface area contributed by atoms with Gasteiger partial charge in [0.2, 0.25) is 5.95 Å². The molecule has 10 heteroatoms. The Labute approximate surface area is 197 Å². The fourth-order valence-corrected chi connectivity index (χ4v) is 4.87. The monoisotopic (exact) mass is 482 g/mol. The first-order chi connectivity index (χ1) is 16.2. The second-order valence-electron chi connectivity index (χ2n) is 7.84. The first-order valence-corrected chi connectivity index (χ1v) is 12.1. The summed E-state index contributed by atoms with van der Waals surface area (Å²) < 4.78 is 43.5. The lowest BCUT2D eigenvalue weighted by molar-refractivity contribution is -0.129. The van der Waals surface area contributed by atoms with Crippen LogP contribution < -0.4 is 9.92 Å². The van der Waals surface area contributed by atoms with Crippen molar-refractivity contribution in [2.45, 2.75) is 18.9 Å². The van der Waals surface area contributed by atoms with Gasteiger partial charge < -0.3 is 9.92 Å². The zero-order chi connectivity index (χ0) is 24.5. The van der Waals surface area contributed by atoms with Crippen molar-refractivity contribution >= 4 is 22.0 Å². The van der Waals surface area contributed by atoms with Crippen molar-refractivity contribution in [3.63, 3.8) is 0 Å². The number of hydrogen-bond acceptors (Lipinski definition) is 7. The predicted octanol–water partition coefficient (Wildman–Crippen LogP) is 3.04. The van der Waals surface area contributed by atoms with Gasteiger partial charge in [-0.1, -0.05) is 37.3 Å². The van der Waals surface area contributed by atoms with Crippen molar-refractivity contribution in [1.29, 1.82) is 0 Å². The molecule has 34 heavy (non-hydrogen) atoms. The van der Waals surface area contributed by atoms with E-state index in [0.29, 0.717) is 23.1 Å². The topological polar surface area (TPSA) is 115 Å². The van der Waals surface area contributed by atoms with Crippen LogP contribution in [0.25, 0.3) is 11.1 Å². The molecule has 0 radical (unpaired) electrons. The molecule has 8 nitrogen and oxygen atoms in total. The van der Waals surface area contributed by atoms with Crippen LogP contribution in [0.2, 0.25) is 0 Å². The van der Waals surface area contributed by atoms with Crippen LogP contribution in [0, 0.1) is 5.95 Å². The van der Waals surface area contributed by atoms with Gasteiger partial charge in [0.25, 0.3) is 5.91 Å². The number of hydrogen-bond donors (Lipinski definition) is 1. The number of benzene rings is 2. The minimum absolute atomic E-state index is 0.0220. The van der Waals surface area contributed by atoms with E-state index in [1.165, 1.54) is 30.3 Å². The van der Waals surface area contributed by atoms with Gasteiger partial charge >= 0.3 is 10.1 Å². The Kier molecular flexibility index (Phi) is 6.09. The van der Waals surface area contributed by atoms with Gasteiger partial charge in [-0.05, 0) is 53.4 Å². The van der Waals surface area contributed by atoms with Crippen molar-refractivity contribution in [3.05, 3.63) is 83.9 Å². The predicted molar refractivity (Wildman–Crippen MR) is 126 cm³/mol. The summed E-state index contributed by atoms with van der Waals surface area (Å²) >= 11 is 0. The lowest BCUT2D eigenvalue weighted by atomic mass is 9.81. The smallest absolute Gasteiger partial charge is 0.309 e. The largest absolute Gasteiger partial charge is 0.382 e. The molecule has 1 amide bonds. The number of guanidine groups is 1. The Balaban J connectivity index is 1.82. The van der Waals surface area contributed by atoms with Crippen LogP contribution in [0.15, 0.2) is 71.9 Å². The summed E-state index contributed by atoms with van der Waals surface area (Å²) in [4.78, 5) is 22.9. The Bertz CT molecular complexity index is 1380. The van der Waals surface area contributed by atoms with Gasteiger partial charge in [-0.15, -0.1) is 0 Å². The van der Waals surface area contributed by atoms with Crippen LogP contribution in [0.4, 0.5) is 4.39 Å². The zero-order valence-electron chi connectivity index (χ0n) is 18.6. The van der Waals surface area contributed by atoms with Crippen LogP contribution in [0.5, 0.6) is 5.75 Å². The van der Waals surface area contributed by atoms with Crippen molar-refractivity contribution < 1.29 is 21.8 Å². The summed E-state index contributed by atoms with van der Waals surface area (Å²) in [7, 11) is -2.20. The van der Waals surface area contributed by atoms with Crippen LogP contribution >= 0.6 is 0 Å². The quantitative estimate of drug-likeness (QED) is 0.409. The maximum atomic E-state index is 14.3. The van der Waals surface area contributed by atoms with Crippen molar-refractivity contribution in [1.82, 2.24) is 9.88 Å². The molecule has 2 aromatic carbocycles. The third kappa shape index (κ3) is 4.12. The van der Waals surface area contributed by atoms with Crippen molar-refractivity contribution in [3.8, 4) is 16.9 Å². The van der Waals surface area contributed by atoms with E-state index in [1.54, 1.807) is 55.5 Å². The number of nitrogens with zero attached hydrogens (tertiary/aromatic N) is 3. The van der Waals surface area contributed by atoms with Gasteiger partial charge in [0.15, 0.2) is 11.5 Å². The van der Waals surface area contributed by atoms with Gasteiger partial charge in [0.05, 0.1) is 5.75 Å². The first kappa shape index (κ1) is 23.4. The van der Waals surface area contributed by atoms with Crippen LogP contribution in [-0.4, -0.2) is 43.0 Å². The van der Waals surface area contributed by atoms with Crippen LogP contribution in [-0.2, 0) is 20.5 Å². The Hall–Kier alpha value is -3.79. The van der Waals surface area contributed by atoms with Crippen molar-refractivity contribution in [2.24, 2.45) is 10.7 Å². The van der Waals surface area contributed by atoms with E-state index in [-0.39, 0.29) is 23.0 Å². The van der Waals surface area contributed by atoms with E-state index in [9.17, 15) is 17.6 Å².